The zero-order valence-electron chi connectivity index (χ0n) is 17.6. The van der Waals surface area contributed by atoms with Gasteiger partial charge in [-0.05, 0) is 24.3 Å². The lowest BCUT2D eigenvalue weighted by Crippen LogP contribution is -2.43. The van der Waals surface area contributed by atoms with E-state index in [-0.39, 0.29) is 16.1 Å². The van der Waals surface area contributed by atoms with Crippen LogP contribution in [0, 0.1) is 5.41 Å². The molecule has 2 aromatic rings. The number of aromatic carboxylic acids is 1. The second-order valence-electron chi connectivity index (χ2n) is 8.83. The molecule has 0 aromatic carbocycles. The Morgan fingerprint density at radius 1 is 1.32 bits per heavy atom. The summed E-state index contributed by atoms with van der Waals surface area (Å²) in [5, 5.41) is 21.4. The number of carbonyl (C=O) groups is 1. The topological polar surface area (TPSA) is 111 Å². The zero-order valence-corrected chi connectivity index (χ0v) is 18.4. The number of ether oxygens (including phenoxy) is 2. The number of pyridine rings is 2. The Labute approximate surface area is 184 Å². The van der Waals surface area contributed by atoms with E-state index in [9.17, 15) is 19.8 Å². The fraction of sp³-hybridized carbons (Fsp3) is 0.500. The molecule has 0 spiro atoms. The molecular formula is C22H25ClN2O6. The standard InChI is InChI=1S/C22H25ClN2O6/c1-21(2)5-6-22(29)13-9-16(31-8-4-7-30-3)18(23)24-17(13)14-10-15(26)12(19(27)28)11-25(14)20(21)22/h9-11,20,29H,4-8H2,1-3H3,(H,27,28). The number of fused-ring (bicyclic) bond motifs is 6. The van der Waals surface area contributed by atoms with Crippen LogP contribution in [-0.4, -0.2) is 46.1 Å². The molecule has 1 aliphatic carbocycles. The van der Waals surface area contributed by atoms with Crippen LogP contribution in [0.15, 0.2) is 23.1 Å². The Balaban J connectivity index is 1.92. The second kappa shape index (κ2) is 7.62. The van der Waals surface area contributed by atoms with Crippen molar-refractivity contribution in [1.82, 2.24) is 9.55 Å². The van der Waals surface area contributed by atoms with Crippen LogP contribution in [0.3, 0.4) is 0 Å². The number of carboxylic acids is 1. The number of hydrogen-bond acceptors (Lipinski definition) is 6. The van der Waals surface area contributed by atoms with Crippen molar-refractivity contribution in [3.05, 3.63) is 44.8 Å². The SMILES string of the molecule is COCCCOc1cc2c(nc1Cl)-c1cc(=O)c(C(=O)O)cn1C1C(C)(C)CCC21O. The predicted octanol–water partition coefficient (Wildman–Crippen LogP) is 3.24. The van der Waals surface area contributed by atoms with E-state index in [2.05, 4.69) is 4.98 Å². The van der Waals surface area contributed by atoms with Gasteiger partial charge in [-0.25, -0.2) is 9.78 Å². The fourth-order valence-electron chi connectivity index (χ4n) is 4.92. The number of rotatable bonds is 6. The van der Waals surface area contributed by atoms with Crippen molar-refractivity contribution in [2.45, 2.75) is 44.8 Å². The fourth-order valence-corrected chi connectivity index (χ4v) is 5.11. The van der Waals surface area contributed by atoms with Gasteiger partial charge in [0.1, 0.15) is 11.2 Å². The minimum absolute atomic E-state index is 0.108. The number of carboxylic acid groups (broad SMARTS) is 1. The number of methoxy groups -OCH3 is 1. The third-order valence-electron chi connectivity index (χ3n) is 6.33. The third kappa shape index (κ3) is 3.43. The highest BCUT2D eigenvalue weighted by atomic mass is 35.5. The third-order valence-corrected chi connectivity index (χ3v) is 6.61. The van der Waals surface area contributed by atoms with E-state index in [0.717, 1.165) is 0 Å². The molecule has 8 nitrogen and oxygen atoms in total. The average molecular weight is 449 g/mol. The molecule has 1 aliphatic heterocycles. The van der Waals surface area contributed by atoms with E-state index in [1.807, 2.05) is 13.8 Å². The minimum Gasteiger partial charge on any atom is -0.490 e. The quantitative estimate of drug-likeness (QED) is 0.515. The molecule has 2 unspecified atom stereocenters. The van der Waals surface area contributed by atoms with Crippen molar-refractivity contribution in [2.75, 3.05) is 20.3 Å². The van der Waals surface area contributed by atoms with Gasteiger partial charge in [0.2, 0.25) is 0 Å². The van der Waals surface area contributed by atoms with Crippen LogP contribution in [0.1, 0.15) is 55.1 Å². The first-order chi connectivity index (χ1) is 14.6. The maximum absolute atomic E-state index is 12.5. The van der Waals surface area contributed by atoms with Crippen molar-refractivity contribution in [3.8, 4) is 17.1 Å². The molecule has 2 N–H and O–H groups in total. The summed E-state index contributed by atoms with van der Waals surface area (Å²) in [4.78, 5) is 28.5. The van der Waals surface area contributed by atoms with Gasteiger partial charge in [0, 0.05) is 38.0 Å². The van der Waals surface area contributed by atoms with E-state index >= 15 is 0 Å². The molecule has 0 saturated heterocycles. The van der Waals surface area contributed by atoms with Crippen molar-refractivity contribution in [1.29, 1.82) is 0 Å². The Bertz CT molecular complexity index is 1110. The Kier molecular flexibility index (Phi) is 5.36. The number of aliphatic hydroxyl groups is 1. The van der Waals surface area contributed by atoms with Gasteiger partial charge < -0.3 is 24.3 Å². The van der Waals surface area contributed by atoms with E-state index < -0.39 is 23.0 Å². The van der Waals surface area contributed by atoms with Crippen LogP contribution >= 0.6 is 11.6 Å². The molecule has 0 bridgehead atoms. The molecule has 9 heteroatoms. The summed E-state index contributed by atoms with van der Waals surface area (Å²) in [6.45, 7) is 4.96. The molecule has 1 fully saturated rings. The van der Waals surface area contributed by atoms with Gasteiger partial charge in [-0.3, -0.25) is 4.79 Å². The van der Waals surface area contributed by atoms with Gasteiger partial charge in [0.25, 0.3) is 0 Å². The second-order valence-corrected chi connectivity index (χ2v) is 9.19. The summed E-state index contributed by atoms with van der Waals surface area (Å²) in [6, 6.07) is 2.48. The van der Waals surface area contributed by atoms with Crippen LogP contribution in [0.25, 0.3) is 11.4 Å². The smallest absolute Gasteiger partial charge is 0.341 e. The lowest BCUT2D eigenvalue weighted by molar-refractivity contribution is -0.0221. The van der Waals surface area contributed by atoms with Crippen LogP contribution < -0.4 is 10.2 Å². The summed E-state index contributed by atoms with van der Waals surface area (Å²) < 4.78 is 12.5. The normalized spacial score (nSPS) is 23.1. The zero-order chi connectivity index (χ0) is 22.6. The molecular weight excluding hydrogens is 424 g/mol. The van der Waals surface area contributed by atoms with Crippen LogP contribution in [-0.2, 0) is 10.3 Å². The number of aromatic nitrogens is 2. The van der Waals surface area contributed by atoms with Crippen molar-refractivity contribution in [2.24, 2.45) is 5.41 Å². The summed E-state index contributed by atoms with van der Waals surface area (Å²) in [6.07, 6.45) is 3.14. The van der Waals surface area contributed by atoms with Gasteiger partial charge in [-0.1, -0.05) is 25.4 Å². The van der Waals surface area contributed by atoms with E-state index in [1.165, 1.54) is 12.3 Å². The Morgan fingerprint density at radius 3 is 2.74 bits per heavy atom. The highest BCUT2D eigenvalue weighted by Gasteiger charge is 2.57. The van der Waals surface area contributed by atoms with E-state index in [0.29, 0.717) is 55.2 Å². The molecule has 1 saturated carbocycles. The Morgan fingerprint density at radius 2 is 2.06 bits per heavy atom. The molecule has 2 atom stereocenters. The summed E-state index contributed by atoms with van der Waals surface area (Å²) in [5.41, 5.74) is -1.30. The molecule has 31 heavy (non-hydrogen) atoms. The minimum atomic E-state index is -1.31. The van der Waals surface area contributed by atoms with Crippen molar-refractivity contribution in [3.63, 3.8) is 0 Å². The molecule has 3 heterocycles. The van der Waals surface area contributed by atoms with Crippen LogP contribution in [0.2, 0.25) is 5.15 Å². The molecule has 166 valence electrons. The molecule has 0 radical (unpaired) electrons. The predicted molar refractivity (Wildman–Crippen MR) is 114 cm³/mol. The molecule has 2 aromatic heterocycles. The van der Waals surface area contributed by atoms with Crippen molar-refractivity contribution < 1.29 is 24.5 Å². The van der Waals surface area contributed by atoms with Crippen LogP contribution in [0.4, 0.5) is 0 Å². The largest absolute Gasteiger partial charge is 0.490 e. The van der Waals surface area contributed by atoms with Gasteiger partial charge in [0.15, 0.2) is 16.3 Å². The maximum atomic E-state index is 12.5. The highest BCUT2D eigenvalue weighted by Crippen LogP contribution is 2.61. The highest BCUT2D eigenvalue weighted by molar-refractivity contribution is 6.31. The van der Waals surface area contributed by atoms with E-state index in [4.69, 9.17) is 21.1 Å². The van der Waals surface area contributed by atoms with Gasteiger partial charge in [0.05, 0.1) is 24.0 Å². The first-order valence-corrected chi connectivity index (χ1v) is 10.5. The monoisotopic (exact) mass is 448 g/mol. The molecule has 0 amide bonds. The average Bonchev–Trinajstić information content (AvgIpc) is 2.96. The summed E-state index contributed by atoms with van der Waals surface area (Å²) >= 11 is 6.38. The molecule has 4 rings (SSSR count). The first-order valence-electron chi connectivity index (χ1n) is 10.1. The molecule has 2 aliphatic rings. The summed E-state index contributed by atoms with van der Waals surface area (Å²) in [5.74, 6) is -0.956. The Hall–Kier alpha value is -2.42. The first kappa shape index (κ1) is 21.8. The van der Waals surface area contributed by atoms with Gasteiger partial charge in [-0.15, -0.1) is 0 Å². The maximum Gasteiger partial charge on any atom is 0.341 e. The van der Waals surface area contributed by atoms with Crippen molar-refractivity contribution >= 4 is 17.6 Å². The van der Waals surface area contributed by atoms with Crippen LogP contribution in [0.5, 0.6) is 5.75 Å². The number of nitrogens with zero attached hydrogens (tertiary/aromatic N) is 2. The van der Waals surface area contributed by atoms with Gasteiger partial charge >= 0.3 is 5.97 Å². The van der Waals surface area contributed by atoms with E-state index in [1.54, 1.807) is 17.7 Å². The number of hydrogen-bond donors (Lipinski definition) is 2. The lowest BCUT2D eigenvalue weighted by Gasteiger charge is -2.44. The number of halogens is 1. The van der Waals surface area contributed by atoms with Gasteiger partial charge in [-0.2, -0.15) is 0 Å². The lowest BCUT2D eigenvalue weighted by atomic mass is 9.76. The summed E-state index contributed by atoms with van der Waals surface area (Å²) in [7, 11) is 1.61.